The number of sulfonamides is 1. The number of carbonyl (C=O) groups is 1. The average Bonchev–Trinajstić information content (AvgIpc) is 2.61. The van der Waals surface area contributed by atoms with Crippen LogP contribution in [-0.2, 0) is 14.8 Å². The maximum Gasteiger partial charge on any atom is 0.271 e. The van der Waals surface area contributed by atoms with Gasteiger partial charge in [-0.1, -0.05) is 12.1 Å². The molecule has 10 heteroatoms. The van der Waals surface area contributed by atoms with Crippen LogP contribution in [0.15, 0.2) is 36.4 Å². The highest BCUT2D eigenvalue weighted by atomic mass is 32.2. The second-order valence-corrected chi connectivity index (χ2v) is 8.52. The van der Waals surface area contributed by atoms with Crippen molar-refractivity contribution in [3.8, 4) is 5.75 Å². The van der Waals surface area contributed by atoms with Crippen molar-refractivity contribution in [3.63, 3.8) is 0 Å². The molecule has 0 fully saturated rings. The molecule has 0 radical (unpaired) electrons. The maximum atomic E-state index is 12.7. The molecule has 0 saturated carbocycles. The van der Waals surface area contributed by atoms with Crippen molar-refractivity contribution < 1.29 is 22.9 Å². The number of anilines is 2. The molecule has 1 amide bonds. The fraction of sp³-hybridized carbons (Fsp3) is 0.278. The second kappa shape index (κ2) is 7.12. The highest BCUT2D eigenvalue weighted by molar-refractivity contribution is 7.92. The zero-order valence-corrected chi connectivity index (χ0v) is 16.3. The summed E-state index contributed by atoms with van der Waals surface area (Å²) in [6, 6.07) is 9.16. The molecule has 9 nitrogen and oxygen atoms in total. The van der Waals surface area contributed by atoms with Gasteiger partial charge in [0.1, 0.15) is 5.75 Å². The Morgan fingerprint density at radius 3 is 2.61 bits per heavy atom. The van der Waals surface area contributed by atoms with E-state index in [4.69, 9.17) is 4.74 Å². The summed E-state index contributed by atoms with van der Waals surface area (Å²) in [6.07, 6.45) is -0.0482. The number of benzene rings is 2. The number of non-ortho nitro benzene ring substituents is 1. The Bertz CT molecular complexity index is 1070. The molecule has 1 heterocycles. The van der Waals surface area contributed by atoms with Crippen molar-refractivity contribution in [1.82, 2.24) is 0 Å². The molecule has 3 rings (SSSR count). The molecule has 1 aliphatic heterocycles. The standard InChI is InChI=1S/C18H19N3O6S/c1-11-4-7-16-15(8-11)20(28(3,25)26)10-17(27-16)18(22)19-14-9-13(21(23)24)6-5-12(14)2/h4-9,17H,10H2,1-3H3,(H,19,22). The van der Waals surface area contributed by atoms with Crippen LogP contribution in [0.5, 0.6) is 5.75 Å². The van der Waals surface area contributed by atoms with E-state index in [2.05, 4.69) is 5.32 Å². The number of fused-ring (bicyclic) bond motifs is 1. The second-order valence-electron chi connectivity index (χ2n) is 6.62. The normalized spacial score (nSPS) is 16.1. The summed E-state index contributed by atoms with van der Waals surface area (Å²) in [4.78, 5) is 23.1. The third-order valence-corrected chi connectivity index (χ3v) is 5.51. The van der Waals surface area contributed by atoms with Gasteiger partial charge in [-0.15, -0.1) is 0 Å². The quantitative estimate of drug-likeness (QED) is 0.616. The number of rotatable bonds is 4. The number of hydrogen-bond donors (Lipinski definition) is 1. The Balaban J connectivity index is 1.90. The number of ether oxygens (including phenoxy) is 1. The minimum Gasteiger partial charge on any atom is -0.476 e. The maximum absolute atomic E-state index is 12.7. The van der Waals surface area contributed by atoms with Gasteiger partial charge in [0, 0.05) is 12.1 Å². The van der Waals surface area contributed by atoms with Crippen molar-refractivity contribution in [2.45, 2.75) is 20.0 Å². The van der Waals surface area contributed by atoms with E-state index in [1.807, 2.05) is 6.92 Å². The fourth-order valence-electron chi connectivity index (χ4n) is 2.88. The third kappa shape index (κ3) is 3.91. The third-order valence-electron chi connectivity index (χ3n) is 4.37. The molecule has 0 aliphatic carbocycles. The van der Waals surface area contributed by atoms with Crippen molar-refractivity contribution in [2.24, 2.45) is 0 Å². The first-order chi connectivity index (χ1) is 13.1. The van der Waals surface area contributed by atoms with Gasteiger partial charge in [0.05, 0.1) is 29.1 Å². The summed E-state index contributed by atoms with van der Waals surface area (Å²) in [5, 5.41) is 13.6. The Kier molecular flexibility index (Phi) is 4.99. The first-order valence-corrected chi connectivity index (χ1v) is 10.2. The molecule has 0 saturated heterocycles. The van der Waals surface area contributed by atoms with Crippen molar-refractivity contribution in [3.05, 3.63) is 57.6 Å². The zero-order chi connectivity index (χ0) is 20.6. The lowest BCUT2D eigenvalue weighted by Gasteiger charge is -2.34. The van der Waals surface area contributed by atoms with Crippen LogP contribution in [0, 0.1) is 24.0 Å². The van der Waals surface area contributed by atoms with E-state index in [-0.39, 0.29) is 23.7 Å². The molecule has 2 aromatic carbocycles. The topological polar surface area (TPSA) is 119 Å². The van der Waals surface area contributed by atoms with E-state index in [0.717, 1.165) is 16.1 Å². The number of aryl methyl sites for hydroxylation is 2. The molecule has 0 bridgehead atoms. The van der Waals surface area contributed by atoms with Crippen LogP contribution in [-0.4, -0.2) is 38.2 Å². The summed E-state index contributed by atoms with van der Waals surface area (Å²) >= 11 is 0. The van der Waals surface area contributed by atoms with Gasteiger partial charge in [-0.05, 0) is 37.1 Å². The van der Waals surface area contributed by atoms with Crippen LogP contribution in [0.1, 0.15) is 11.1 Å². The van der Waals surface area contributed by atoms with E-state index in [1.165, 1.54) is 18.2 Å². The minimum atomic E-state index is -3.64. The van der Waals surface area contributed by atoms with Crippen molar-refractivity contribution >= 4 is 33.0 Å². The summed E-state index contributed by atoms with van der Waals surface area (Å²) in [7, 11) is -3.64. The predicted octanol–water partition coefficient (Wildman–Crippen LogP) is 2.38. The molecule has 1 atom stereocenters. The van der Waals surface area contributed by atoms with E-state index in [0.29, 0.717) is 11.3 Å². The smallest absolute Gasteiger partial charge is 0.271 e. The van der Waals surface area contributed by atoms with Crippen LogP contribution >= 0.6 is 0 Å². The van der Waals surface area contributed by atoms with Gasteiger partial charge >= 0.3 is 0 Å². The van der Waals surface area contributed by atoms with Gasteiger partial charge in [0.2, 0.25) is 10.0 Å². The lowest BCUT2D eigenvalue weighted by molar-refractivity contribution is -0.384. The summed E-state index contributed by atoms with van der Waals surface area (Å²) < 4.78 is 31.3. The van der Waals surface area contributed by atoms with E-state index in [1.54, 1.807) is 25.1 Å². The largest absolute Gasteiger partial charge is 0.476 e. The van der Waals surface area contributed by atoms with Gasteiger partial charge < -0.3 is 10.1 Å². The number of nitro groups is 1. The summed E-state index contributed by atoms with van der Waals surface area (Å²) in [5.41, 5.74) is 1.96. The Morgan fingerprint density at radius 2 is 1.96 bits per heavy atom. The van der Waals surface area contributed by atoms with E-state index < -0.39 is 27.0 Å². The fourth-order valence-corrected chi connectivity index (χ4v) is 3.79. The molecule has 1 unspecified atom stereocenters. The number of amides is 1. The number of nitrogens with one attached hydrogen (secondary N) is 1. The summed E-state index contributed by atoms with van der Waals surface area (Å²) in [6.45, 7) is 3.32. The Labute approximate surface area is 162 Å². The minimum absolute atomic E-state index is 0.163. The SMILES string of the molecule is Cc1ccc2c(c1)N(S(C)(=O)=O)CC(C(=O)Nc1cc([N+](=O)[O-])ccc1C)O2. The van der Waals surface area contributed by atoms with Gasteiger partial charge in [-0.25, -0.2) is 8.42 Å². The monoisotopic (exact) mass is 405 g/mol. The number of hydrogen-bond acceptors (Lipinski definition) is 6. The first kappa shape index (κ1) is 19.6. The van der Waals surface area contributed by atoms with Gasteiger partial charge in [0.15, 0.2) is 6.10 Å². The van der Waals surface area contributed by atoms with Gasteiger partial charge in [0.25, 0.3) is 11.6 Å². The average molecular weight is 405 g/mol. The molecule has 1 aliphatic rings. The zero-order valence-electron chi connectivity index (χ0n) is 15.5. The lowest BCUT2D eigenvalue weighted by atomic mass is 10.1. The predicted molar refractivity (Wildman–Crippen MR) is 104 cm³/mol. The van der Waals surface area contributed by atoms with Crippen LogP contribution in [0.25, 0.3) is 0 Å². The molecule has 28 heavy (non-hydrogen) atoms. The number of nitro benzene ring substituents is 1. The lowest BCUT2D eigenvalue weighted by Crippen LogP contribution is -2.48. The van der Waals surface area contributed by atoms with Crippen LogP contribution in [0.4, 0.5) is 17.1 Å². The Hall–Kier alpha value is -3.14. The van der Waals surface area contributed by atoms with Crippen LogP contribution in [0.3, 0.4) is 0 Å². The van der Waals surface area contributed by atoms with Crippen molar-refractivity contribution in [1.29, 1.82) is 0 Å². The highest BCUT2D eigenvalue weighted by Crippen LogP contribution is 2.36. The van der Waals surface area contributed by atoms with E-state index in [9.17, 15) is 23.3 Å². The van der Waals surface area contributed by atoms with Crippen LogP contribution < -0.4 is 14.4 Å². The molecule has 0 spiro atoms. The van der Waals surface area contributed by atoms with Gasteiger partial charge in [-0.3, -0.25) is 19.2 Å². The molecule has 2 aromatic rings. The van der Waals surface area contributed by atoms with Gasteiger partial charge in [-0.2, -0.15) is 0 Å². The highest BCUT2D eigenvalue weighted by Gasteiger charge is 2.35. The van der Waals surface area contributed by atoms with Crippen molar-refractivity contribution in [2.75, 3.05) is 22.4 Å². The molecular weight excluding hydrogens is 386 g/mol. The molecular formula is C18H19N3O6S. The number of carbonyl (C=O) groups excluding carboxylic acids is 1. The van der Waals surface area contributed by atoms with Crippen LogP contribution in [0.2, 0.25) is 0 Å². The Morgan fingerprint density at radius 1 is 1.25 bits per heavy atom. The first-order valence-electron chi connectivity index (χ1n) is 8.37. The molecule has 1 N–H and O–H groups in total. The van der Waals surface area contributed by atoms with E-state index >= 15 is 0 Å². The molecule has 148 valence electrons. The molecule has 0 aromatic heterocycles. The summed E-state index contributed by atoms with van der Waals surface area (Å²) in [5.74, 6) is -0.318. The number of nitrogens with zero attached hydrogens (tertiary/aromatic N) is 2.